The first kappa shape index (κ1) is 24.0. The Balaban J connectivity index is 1.60. The fraction of sp³-hybridized carbons (Fsp3) is 0.400. The van der Waals surface area contributed by atoms with E-state index in [9.17, 15) is 13.2 Å². The van der Waals surface area contributed by atoms with Crippen molar-refractivity contribution in [2.75, 3.05) is 44.2 Å². The second kappa shape index (κ2) is 10.3. The summed E-state index contributed by atoms with van der Waals surface area (Å²) in [7, 11) is -3.47. The van der Waals surface area contributed by atoms with Crippen LogP contribution in [-0.4, -0.2) is 62.8 Å². The molecule has 1 amide bonds. The van der Waals surface area contributed by atoms with Crippen LogP contribution in [0.4, 0.5) is 5.69 Å². The molecule has 0 bridgehead atoms. The molecule has 0 saturated carbocycles. The highest BCUT2D eigenvalue weighted by Gasteiger charge is 2.22. The Kier molecular flexibility index (Phi) is 7.74. The highest BCUT2D eigenvalue weighted by Crippen LogP contribution is 2.24. The van der Waals surface area contributed by atoms with Crippen LogP contribution in [0.3, 0.4) is 0 Å². The molecule has 2 aromatic rings. The van der Waals surface area contributed by atoms with Gasteiger partial charge in [-0.15, -0.1) is 0 Å². The summed E-state index contributed by atoms with van der Waals surface area (Å²) in [5, 5.41) is 0. The van der Waals surface area contributed by atoms with Gasteiger partial charge in [0.15, 0.2) is 0 Å². The minimum absolute atomic E-state index is 0.0227. The maximum Gasteiger partial charge on any atom is 0.246 e. The maximum absolute atomic E-state index is 12.6. The number of sulfonamides is 1. The zero-order chi connectivity index (χ0) is 23.3. The number of anilines is 1. The van der Waals surface area contributed by atoms with Gasteiger partial charge in [0.25, 0.3) is 0 Å². The minimum atomic E-state index is -3.47. The van der Waals surface area contributed by atoms with E-state index in [1.165, 1.54) is 21.1 Å². The third-order valence-corrected chi connectivity index (χ3v) is 8.21. The number of carbonyl (C=O) groups excluding carboxylic acids is 1. The van der Waals surface area contributed by atoms with Crippen LogP contribution in [0.25, 0.3) is 6.08 Å². The molecule has 172 valence electrons. The summed E-state index contributed by atoms with van der Waals surface area (Å²) < 4.78 is 26.6. The first-order valence-electron chi connectivity index (χ1n) is 11.2. The van der Waals surface area contributed by atoms with E-state index in [4.69, 9.17) is 0 Å². The fourth-order valence-electron chi connectivity index (χ4n) is 3.98. The first-order valence-corrected chi connectivity index (χ1v) is 12.6. The van der Waals surface area contributed by atoms with Crippen molar-refractivity contribution in [3.05, 3.63) is 65.2 Å². The van der Waals surface area contributed by atoms with Gasteiger partial charge in [0.1, 0.15) is 0 Å². The Hall–Kier alpha value is -2.64. The lowest BCUT2D eigenvalue weighted by Gasteiger charge is -2.36. The summed E-state index contributed by atoms with van der Waals surface area (Å²) in [6, 6.07) is 13.0. The third kappa shape index (κ3) is 5.22. The van der Waals surface area contributed by atoms with Crippen LogP contribution in [0.15, 0.2) is 53.4 Å². The molecule has 0 aliphatic carbocycles. The molecule has 3 rings (SSSR count). The van der Waals surface area contributed by atoms with E-state index >= 15 is 0 Å². The maximum atomic E-state index is 12.6. The van der Waals surface area contributed by atoms with Crippen molar-refractivity contribution >= 4 is 27.7 Å². The fourth-order valence-corrected chi connectivity index (χ4v) is 5.44. The van der Waals surface area contributed by atoms with E-state index < -0.39 is 10.0 Å². The number of aryl methyl sites for hydroxylation is 1. The monoisotopic (exact) mass is 455 g/mol. The predicted molar refractivity (Wildman–Crippen MR) is 130 cm³/mol. The SMILES string of the molecule is CCN(CC)S(=O)(=O)c1ccc(/C=C\C(=O)N2CCN(c3cccc(C)c3C)CC2)cc1. The van der Waals surface area contributed by atoms with E-state index in [2.05, 4.69) is 36.9 Å². The number of nitrogens with zero attached hydrogens (tertiary/aromatic N) is 3. The molecule has 6 nitrogen and oxygen atoms in total. The van der Waals surface area contributed by atoms with Gasteiger partial charge in [0.05, 0.1) is 4.90 Å². The molecule has 1 saturated heterocycles. The molecule has 0 aromatic heterocycles. The van der Waals surface area contributed by atoms with Crippen molar-refractivity contribution < 1.29 is 13.2 Å². The van der Waals surface area contributed by atoms with Crippen molar-refractivity contribution in [3.8, 4) is 0 Å². The molecular formula is C25H33N3O3S. The van der Waals surface area contributed by atoms with Gasteiger partial charge < -0.3 is 9.80 Å². The highest BCUT2D eigenvalue weighted by molar-refractivity contribution is 7.89. The van der Waals surface area contributed by atoms with Crippen LogP contribution < -0.4 is 4.90 Å². The quantitative estimate of drug-likeness (QED) is 0.598. The van der Waals surface area contributed by atoms with Crippen molar-refractivity contribution in [2.24, 2.45) is 0 Å². The molecule has 0 unspecified atom stereocenters. The van der Waals surface area contributed by atoms with Crippen LogP contribution in [0.5, 0.6) is 0 Å². The zero-order valence-corrected chi connectivity index (χ0v) is 20.2. The molecule has 1 fully saturated rings. The van der Waals surface area contributed by atoms with Gasteiger partial charge in [0.2, 0.25) is 15.9 Å². The number of carbonyl (C=O) groups is 1. The zero-order valence-electron chi connectivity index (χ0n) is 19.4. The average molecular weight is 456 g/mol. The normalized spacial score (nSPS) is 15.0. The molecule has 1 heterocycles. The number of piperazine rings is 1. The predicted octanol–water partition coefficient (Wildman–Crippen LogP) is 3.70. The second-order valence-electron chi connectivity index (χ2n) is 8.02. The average Bonchev–Trinajstić information content (AvgIpc) is 2.80. The van der Waals surface area contributed by atoms with Gasteiger partial charge in [-0.05, 0) is 54.8 Å². The van der Waals surface area contributed by atoms with Crippen LogP contribution in [-0.2, 0) is 14.8 Å². The first-order chi connectivity index (χ1) is 15.3. The molecular weight excluding hydrogens is 422 g/mol. The molecule has 0 atom stereocenters. The molecule has 0 N–H and O–H groups in total. The Morgan fingerprint density at radius 3 is 2.19 bits per heavy atom. The number of hydrogen-bond donors (Lipinski definition) is 0. The van der Waals surface area contributed by atoms with Crippen molar-refractivity contribution in [3.63, 3.8) is 0 Å². The van der Waals surface area contributed by atoms with Gasteiger partial charge in [-0.2, -0.15) is 4.31 Å². The summed E-state index contributed by atoms with van der Waals surface area (Å²) in [5.41, 5.74) is 4.61. The Morgan fingerprint density at radius 2 is 1.59 bits per heavy atom. The van der Waals surface area contributed by atoms with E-state index in [1.54, 1.807) is 36.4 Å². The summed E-state index contributed by atoms with van der Waals surface area (Å²) in [5.74, 6) is -0.0227. The summed E-state index contributed by atoms with van der Waals surface area (Å²) in [6.45, 7) is 11.8. The molecule has 0 radical (unpaired) electrons. The van der Waals surface area contributed by atoms with Crippen LogP contribution in [0.1, 0.15) is 30.5 Å². The van der Waals surface area contributed by atoms with Crippen molar-refractivity contribution in [1.29, 1.82) is 0 Å². The molecule has 2 aromatic carbocycles. The number of benzene rings is 2. The van der Waals surface area contributed by atoms with Crippen molar-refractivity contribution in [2.45, 2.75) is 32.6 Å². The Labute approximate surface area is 192 Å². The van der Waals surface area contributed by atoms with Gasteiger partial charge in [-0.25, -0.2) is 8.42 Å². The number of rotatable bonds is 7. The Bertz CT molecular complexity index is 1070. The highest BCUT2D eigenvalue weighted by atomic mass is 32.2. The molecule has 7 heteroatoms. The molecule has 0 spiro atoms. The summed E-state index contributed by atoms with van der Waals surface area (Å²) in [6.07, 6.45) is 3.31. The van der Waals surface area contributed by atoms with Gasteiger partial charge in [0, 0.05) is 51.0 Å². The third-order valence-electron chi connectivity index (χ3n) is 6.15. The van der Waals surface area contributed by atoms with Gasteiger partial charge in [-0.1, -0.05) is 38.1 Å². The largest absolute Gasteiger partial charge is 0.368 e. The lowest BCUT2D eigenvalue weighted by molar-refractivity contribution is -0.126. The van der Waals surface area contributed by atoms with Gasteiger partial charge >= 0.3 is 0 Å². The van der Waals surface area contributed by atoms with E-state index in [0.717, 1.165) is 18.7 Å². The van der Waals surface area contributed by atoms with E-state index in [0.29, 0.717) is 26.2 Å². The van der Waals surface area contributed by atoms with E-state index in [1.807, 2.05) is 18.7 Å². The molecule has 1 aliphatic heterocycles. The van der Waals surface area contributed by atoms with Crippen LogP contribution in [0.2, 0.25) is 0 Å². The minimum Gasteiger partial charge on any atom is -0.368 e. The van der Waals surface area contributed by atoms with Gasteiger partial charge in [-0.3, -0.25) is 4.79 Å². The van der Waals surface area contributed by atoms with Crippen LogP contribution in [0, 0.1) is 13.8 Å². The second-order valence-corrected chi connectivity index (χ2v) is 9.96. The summed E-state index contributed by atoms with van der Waals surface area (Å²) >= 11 is 0. The topological polar surface area (TPSA) is 60.9 Å². The lowest BCUT2D eigenvalue weighted by atomic mass is 10.1. The Morgan fingerprint density at radius 1 is 0.969 bits per heavy atom. The van der Waals surface area contributed by atoms with Crippen LogP contribution >= 0.6 is 0 Å². The lowest BCUT2D eigenvalue weighted by Crippen LogP contribution is -2.48. The smallest absolute Gasteiger partial charge is 0.246 e. The summed E-state index contributed by atoms with van der Waals surface area (Å²) in [4.78, 5) is 17.1. The molecule has 1 aliphatic rings. The standard InChI is InChI=1S/C25H33N3O3S/c1-5-28(6-2)32(30,31)23-13-10-22(11-14-23)12-15-25(29)27-18-16-26(17-19-27)24-9-7-8-20(3)21(24)4/h7-15H,5-6,16-19H2,1-4H3/b15-12-. The number of amides is 1. The number of hydrogen-bond acceptors (Lipinski definition) is 4. The molecule has 32 heavy (non-hydrogen) atoms. The van der Waals surface area contributed by atoms with Crippen molar-refractivity contribution in [1.82, 2.24) is 9.21 Å². The van der Waals surface area contributed by atoms with E-state index in [-0.39, 0.29) is 10.8 Å².